The van der Waals surface area contributed by atoms with Gasteiger partial charge in [-0.2, -0.15) is 5.26 Å². The van der Waals surface area contributed by atoms with Crippen molar-refractivity contribution >= 4 is 34.0 Å². The molecular formula is C23H24N6OS2. The molecule has 1 atom stereocenters. The van der Waals surface area contributed by atoms with Crippen LogP contribution in [0.3, 0.4) is 0 Å². The first-order chi connectivity index (χ1) is 15.6. The van der Waals surface area contributed by atoms with E-state index in [9.17, 15) is 10.1 Å². The van der Waals surface area contributed by atoms with Crippen LogP contribution in [0.15, 0.2) is 42.3 Å². The van der Waals surface area contributed by atoms with Gasteiger partial charge in [0.2, 0.25) is 5.91 Å². The lowest BCUT2D eigenvalue weighted by Crippen LogP contribution is -2.23. The topological polar surface area (TPSA) is 96.5 Å². The molecule has 0 spiro atoms. The van der Waals surface area contributed by atoms with Crippen molar-refractivity contribution in [3.63, 3.8) is 0 Å². The number of allylic oxidation sites excluding steroid dienone is 1. The molecule has 4 rings (SSSR count). The normalized spacial score (nSPS) is 14.1. The molecule has 1 amide bonds. The molecule has 164 valence electrons. The van der Waals surface area contributed by atoms with Crippen molar-refractivity contribution in [1.82, 2.24) is 19.7 Å². The number of pyridine rings is 1. The van der Waals surface area contributed by atoms with Gasteiger partial charge in [-0.25, -0.2) is 0 Å². The zero-order chi connectivity index (χ0) is 22.5. The first kappa shape index (κ1) is 22.2. The van der Waals surface area contributed by atoms with Gasteiger partial charge in [-0.05, 0) is 50.3 Å². The monoisotopic (exact) mass is 464 g/mol. The van der Waals surface area contributed by atoms with Gasteiger partial charge in [-0.15, -0.1) is 28.1 Å². The second kappa shape index (κ2) is 10.1. The molecule has 1 aliphatic rings. The van der Waals surface area contributed by atoms with Crippen molar-refractivity contribution in [2.24, 2.45) is 0 Å². The molecule has 3 heterocycles. The second-order valence-corrected chi connectivity index (χ2v) is 9.99. The van der Waals surface area contributed by atoms with Gasteiger partial charge in [0.05, 0.1) is 10.8 Å². The molecule has 0 aliphatic heterocycles. The average Bonchev–Trinajstić information content (AvgIpc) is 3.26. The fourth-order valence-electron chi connectivity index (χ4n) is 3.75. The quantitative estimate of drug-likeness (QED) is 0.305. The number of carbonyl (C=O) groups is 1. The number of hydrogen-bond donors (Lipinski definition) is 1. The Balaban J connectivity index is 1.52. The SMILES string of the molecule is C=CCn1c(S[C@H](C)C(=O)Nc2sc3c(c2C#N)CCCCC3)nnc1-c1cccnc1. The van der Waals surface area contributed by atoms with Crippen LogP contribution in [0.4, 0.5) is 5.00 Å². The Labute approximate surface area is 195 Å². The average molecular weight is 465 g/mol. The van der Waals surface area contributed by atoms with Gasteiger partial charge in [0.15, 0.2) is 11.0 Å². The maximum Gasteiger partial charge on any atom is 0.238 e. The molecule has 9 heteroatoms. The Morgan fingerprint density at radius 1 is 1.41 bits per heavy atom. The van der Waals surface area contributed by atoms with Crippen LogP contribution in [-0.2, 0) is 24.2 Å². The van der Waals surface area contributed by atoms with E-state index in [1.807, 2.05) is 23.6 Å². The maximum atomic E-state index is 13.0. The second-order valence-electron chi connectivity index (χ2n) is 7.58. The highest BCUT2D eigenvalue weighted by molar-refractivity contribution is 8.00. The van der Waals surface area contributed by atoms with E-state index in [0.717, 1.165) is 36.8 Å². The number of nitriles is 1. The molecule has 0 aromatic carbocycles. The summed E-state index contributed by atoms with van der Waals surface area (Å²) in [6.07, 6.45) is 10.5. The summed E-state index contributed by atoms with van der Waals surface area (Å²) in [5, 5.41) is 22.2. The van der Waals surface area contributed by atoms with Gasteiger partial charge in [-0.1, -0.05) is 24.3 Å². The van der Waals surface area contributed by atoms with Crippen LogP contribution in [0.1, 0.15) is 42.2 Å². The van der Waals surface area contributed by atoms with E-state index in [1.165, 1.54) is 23.1 Å². The van der Waals surface area contributed by atoms with Gasteiger partial charge in [-0.3, -0.25) is 14.3 Å². The van der Waals surface area contributed by atoms with Gasteiger partial charge < -0.3 is 5.32 Å². The van der Waals surface area contributed by atoms with Crippen molar-refractivity contribution in [2.75, 3.05) is 5.32 Å². The highest BCUT2D eigenvalue weighted by Gasteiger charge is 2.25. The summed E-state index contributed by atoms with van der Waals surface area (Å²) >= 11 is 2.88. The smallest absolute Gasteiger partial charge is 0.238 e. The molecule has 0 saturated heterocycles. The number of rotatable bonds is 7. The minimum Gasteiger partial charge on any atom is -0.316 e. The number of nitrogens with zero attached hydrogens (tertiary/aromatic N) is 5. The number of thioether (sulfide) groups is 1. The fraction of sp³-hybridized carbons (Fsp3) is 0.348. The summed E-state index contributed by atoms with van der Waals surface area (Å²) in [4.78, 5) is 18.4. The zero-order valence-corrected chi connectivity index (χ0v) is 19.5. The van der Waals surface area contributed by atoms with Gasteiger partial charge in [0.25, 0.3) is 0 Å². The first-order valence-electron chi connectivity index (χ1n) is 10.6. The van der Waals surface area contributed by atoms with Crippen molar-refractivity contribution in [3.05, 3.63) is 53.2 Å². The molecule has 0 saturated carbocycles. The summed E-state index contributed by atoms with van der Waals surface area (Å²) < 4.78 is 1.92. The highest BCUT2D eigenvalue weighted by atomic mass is 32.2. The third-order valence-electron chi connectivity index (χ3n) is 5.37. The number of thiophene rings is 1. The largest absolute Gasteiger partial charge is 0.316 e. The number of fused-ring (bicyclic) bond motifs is 1. The predicted octanol–water partition coefficient (Wildman–Crippen LogP) is 4.85. The maximum absolute atomic E-state index is 13.0. The number of anilines is 1. The summed E-state index contributed by atoms with van der Waals surface area (Å²) in [6, 6.07) is 6.09. The molecule has 7 nitrogen and oxygen atoms in total. The van der Waals surface area contributed by atoms with E-state index in [4.69, 9.17) is 0 Å². The Morgan fingerprint density at radius 2 is 2.25 bits per heavy atom. The fourth-order valence-corrected chi connectivity index (χ4v) is 5.85. The van der Waals surface area contributed by atoms with Crippen LogP contribution in [0.2, 0.25) is 0 Å². The lowest BCUT2D eigenvalue weighted by Gasteiger charge is -2.12. The molecule has 1 aliphatic carbocycles. The molecular weight excluding hydrogens is 440 g/mol. The van der Waals surface area contributed by atoms with Gasteiger partial charge in [0.1, 0.15) is 11.1 Å². The highest BCUT2D eigenvalue weighted by Crippen LogP contribution is 2.37. The molecule has 0 unspecified atom stereocenters. The van der Waals surface area contributed by atoms with E-state index in [1.54, 1.807) is 29.8 Å². The lowest BCUT2D eigenvalue weighted by atomic mass is 10.1. The van der Waals surface area contributed by atoms with Crippen LogP contribution in [-0.4, -0.2) is 30.9 Å². The van der Waals surface area contributed by atoms with E-state index in [2.05, 4.69) is 33.1 Å². The van der Waals surface area contributed by atoms with Crippen LogP contribution in [0, 0.1) is 11.3 Å². The molecule has 3 aromatic heterocycles. The molecule has 32 heavy (non-hydrogen) atoms. The standard InChI is InChI=1S/C23H24N6OS2/c1-3-12-29-20(16-8-7-11-25-14-16)27-28-23(29)31-15(2)21(30)26-22-18(13-24)17-9-5-4-6-10-19(17)32-22/h3,7-8,11,14-15H,1,4-6,9-10,12H2,2H3,(H,26,30)/t15-/m1/s1. The predicted molar refractivity (Wildman–Crippen MR) is 128 cm³/mol. The summed E-state index contributed by atoms with van der Waals surface area (Å²) in [5.41, 5.74) is 2.60. The Bertz CT molecular complexity index is 1160. The lowest BCUT2D eigenvalue weighted by molar-refractivity contribution is -0.115. The van der Waals surface area contributed by atoms with Gasteiger partial charge >= 0.3 is 0 Å². The van der Waals surface area contributed by atoms with E-state index < -0.39 is 5.25 Å². The Hall–Kier alpha value is -2.96. The van der Waals surface area contributed by atoms with Crippen molar-refractivity contribution < 1.29 is 4.79 Å². The third kappa shape index (κ3) is 4.61. The van der Waals surface area contributed by atoms with Crippen LogP contribution in [0.5, 0.6) is 0 Å². The van der Waals surface area contributed by atoms with E-state index in [0.29, 0.717) is 28.1 Å². The summed E-state index contributed by atoms with van der Waals surface area (Å²) in [7, 11) is 0. The molecule has 0 bridgehead atoms. The van der Waals surface area contributed by atoms with Crippen LogP contribution in [0.25, 0.3) is 11.4 Å². The summed E-state index contributed by atoms with van der Waals surface area (Å²) in [5.74, 6) is 0.529. The van der Waals surface area contributed by atoms with Crippen molar-refractivity contribution in [3.8, 4) is 17.5 Å². The zero-order valence-electron chi connectivity index (χ0n) is 17.9. The van der Waals surface area contributed by atoms with E-state index in [-0.39, 0.29) is 5.91 Å². The first-order valence-corrected chi connectivity index (χ1v) is 12.3. The molecule has 0 radical (unpaired) electrons. The van der Waals surface area contributed by atoms with Crippen molar-refractivity contribution in [2.45, 2.75) is 56.0 Å². The number of aryl methyl sites for hydroxylation is 1. The van der Waals surface area contributed by atoms with E-state index >= 15 is 0 Å². The minimum absolute atomic E-state index is 0.154. The number of amides is 1. The third-order valence-corrected chi connectivity index (χ3v) is 7.66. The van der Waals surface area contributed by atoms with Crippen LogP contribution < -0.4 is 5.32 Å². The van der Waals surface area contributed by atoms with Crippen LogP contribution >= 0.6 is 23.1 Å². The van der Waals surface area contributed by atoms with Crippen molar-refractivity contribution in [1.29, 1.82) is 5.26 Å². The number of hydrogen-bond acceptors (Lipinski definition) is 7. The molecule has 3 aromatic rings. The molecule has 1 N–H and O–H groups in total. The number of carbonyl (C=O) groups excluding carboxylic acids is 1. The molecule has 0 fully saturated rings. The number of aromatic nitrogens is 4. The Morgan fingerprint density at radius 3 is 3.00 bits per heavy atom. The van der Waals surface area contributed by atoms with Gasteiger partial charge in [0, 0.05) is 29.4 Å². The summed E-state index contributed by atoms with van der Waals surface area (Å²) in [6.45, 7) is 6.18. The Kier molecular flexibility index (Phi) is 7.02. The minimum atomic E-state index is -0.419. The number of nitrogens with one attached hydrogen (secondary N) is 1.